The number of amides is 1. The Balaban J connectivity index is 2.01. The van der Waals surface area contributed by atoms with Crippen molar-refractivity contribution in [3.05, 3.63) is 18.0 Å². The van der Waals surface area contributed by atoms with Crippen LogP contribution in [-0.4, -0.2) is 46.8 Å². The highest BCUT2D eigenvalue weighted by molar-refractivity contribution is 5.93. The number of H-pyrrole nitrogens is 1. The summed E-state index contributed by atoms with van der Waals surface area (Å²) in [6, 6.07) is 0. The number of nitrogens with zero attached hydrogens (tertiary/aromatic N) is 2. The van der Waals surface area contributed by atoms with Crippen molar-refractivity contribution in [1.82, 2.24) is 15.1 Å². The summed E-state index contributed by atoms with van der Waals surface area (Å²) in [7, 11) is 0. The minimum atomic E-state index is 0.0329. The van der Waals surface area contributed by atoms with E-state index in [1.54, 1.807) is 12.4 Å². The maximum atomic E-state index is 11.9. The molecular formula is C10H15N3O2. The summed E-state index contributed by atoms with van der Waals surface area (Å²) in [5.74, 6) is 0.0329. The normalized spacial score (nSPS) is 21.7. The SMILES string of the molecule is CCC1CN(C(=O)c2cn[nH]c2)CCO1. The van der Waals surface area contributed by atoms with E-state index in [9.17, 15) is 4.79 Å². The number of carbonyl (C=O) groups is 1. The first-order valence-corrected chi connectivity index (χ1v) is 5.21. The fourth-order valence-electron chi connectivity index (χ4n) is 1.70. The van der Waals surface area contributed by atoms with Crippen molar-refractivity contribution in [2.75, 3.05) is 19.7 Å². The van der Waals surface area contributed by atoms with Crippen molar-refractivity contribution in [1.29, 1.82) is 0 Å². The van der Waals surface area contributed by atoms with E-state index in [0.717, 1.165) is 6.42 Å². The zero-order valence-electron chi connectivity index (χ0n) is 8.77. The van der Waals surface area contributed by atoms with E-state index < -0.39 is 0 Å². The average molecular weight is 209 g/mol. The predicted octanol–water partition coefficient (Wildman–Crippen LogP) is 0.661. The molecule has 1 saturated heterocycles. The van der Waals surface area contributed by atoms with Gasteiger partial charge >= 0.3 is 0 Å². The Hall–Kier alpha value is -1.36. The standard InChI is InChI=1S/C10H15N3O2/c1-2-9-7-13(3-4-15-9)10(14)8-5-11-12-6-8/h5-6,9H,2-4,7H2,1H3,(H,11,12). The van der Waals surface area contributed by atoms with E-state index >= 15 is 0 Å². The van der Waals surface area contributed by atoms with E-state index in [2.05, 4.69) is 17.1 Å². The van der Waals surface area contributed by atoms with Crippen LogP contribution >= 0.6 is 0 Å². The lowest BCUT2D eigenvalue weighted by Gasteiger charge is -2.32. The summed E-state index contributed by atoms with van der Waals surface area (Å²) in [5.41, 5.74) is 0.617. The molecule has 1 unspecified atom stereocenters. The van der Waals surface area contributed by atoms with Gasteiger partial charge in [0, 0.05) is 19.3 Å². The first-order valence-electron chi connectivity index (χ1n) is 5.21. The van der Waals surface area contributed by atoms with Gasteiger partial charge in [0.15, 0.2) is 0 Å². The Labute approximate surface area is 88.4 Å². The van der Waals surface area contributed by atoms with Gasteiger partial charge in [-0.2, -0.15) is 5.10 Å². The third-order valence-corrected chi connectivity index (χ3v) is 2.63. The fourth-order valence-corrected chi connectivity index (χ4v) is 1.70. The number of aromatic amines is 1. The topological polar surface area (TPSA) is 58.2 Å². The molecule has 0 aromatic carbocycles. The van der Waals surface area contributed by atoms with Gasteiger partial charge in [-0.3, -0.25) is 9.89 Å². The molecule has 1 N–H and O–H groups in total. The minimum Gasteiger partial charge on any atom is -0.375 e. The van der Waals surface area contributed by atoms with Crippen LogP contribution in [0.25, 0.3) is 0 Å². The smallest absolute Gasteiger partial charge is 0.257 e. The van der Waals surface area contributed by atoms with Gasteiger partial charge in [-0.05, 0) is 6.42 Å². The summed E-state index contributed by atoms with van der Waals surface area (Å²) in [6.07, 6.45) is 4.29. The molecule has 1 aromatic heterocycles. The van der Waals surface area contributed by atoms with Gasteiger partial charge in [-0.15, -0.1) is 0 Å². The monoisotopic (exact) mass is 209 g/mol. The van der Waals surface area contributed by atoms with Gasteiger partial charge in [0.25, 0.3) is 5.91 Å². The number of nitrogens with one attached hydrogen (secondary N) is 1. The van der Waals surface area contributed by atoms with Crippen LogP contribution < -0.4 is 0 Å². The molecular weight excluding hydrogens is 194 g/mol. The van der Waals surface area contributed by atoms with Gasteiger partial charge in [-0.1, -0.05) is 6.92 Å². The Morgan fingerprint density at radius 2 is 2.67 bits per heavy atom. The Bertz CT molecular complexity index is 323. The number of hydrogen-bond donors (Lipinski definition) is 1. The van der Waals surface area contributed by atoms with Crippen LogP contribution in [0.2, 0.25) is 0 Å². The maximum Gasteiger partial charge on any atom is 0.257 e. The molecule has 0 spiro atoms. The van der Waals surface area contributed by atoms with Gasteiger partial charge in [0.05, 0.1) is 24.5 Å². The lowest BCUT2D eigenvalue weighted by molar-refractivity contribution is -0.0226. The summed E-state index contributed by atoms with van der Waals surface area (Å²) in [4.78, 5) is 13.8. The van der Waals surface area contributed by atoms with Crippen LogP contribution in [0.15, 0.2) is 12.4 Å². The molecule has 1 aromatic rings. The molecule has 5 nitrogen and oxygen atoms in total. The van der Waals surface area contributed by atoms with Crippen molar-refractivity contribution >= 4 is 5.91 Å². The molecule has 1 fully saturated rings. The largest absolute Gasteiger partial charge is 0.375 e. The number of ether oxygens (including phenoxy) is 1. The van der Waals surface area contributed by atoms with Crippen molar-refractivity contribution < 1.29 is 9.53 Å². The lowest BCUT2D eigenvalue weighted by Crippen LogP contribution is -2.45. The Morgan fingerprint density at radius 1 is 1.80 bits per heavy atom. The van der Waals surface area contributed by atoms with Crippen molar-refractivity contribution in [3.63, 3.8) is 0 Å². The Morgan fingerprint density at radius 3 is 3.33 bits per heavy atom. The van der Waals surface area contributed by atoms with Crippen LogP contribution in [0, 0.1) is 0 Å². The van der Waals surface area contributed by atoms with Crippen molar-refractivity contribution in [2.24, 2.45) is 0 Å². The zero-order chi connectivity index (χ0) is 10.7. The maximum absolute atomic E-state index is 11.9. The van der Waals surface area contributed by atoms with Gasteiger partial charge in [0.2, 0.25) is 0 Å². The van der Waals surface area contributed by atoms with E-state index in [4.69, 9.17) is 4.74 Å². The number of carbonyl (C=O) groups excluding carboxylic acids is 1. The zero-order valence-corrected chi connectivity index (χ0v) is 8.77. The second-order valence-corrected chi connectivity index (χ2v) is 3.64. The molecule has 1 atom stereocenters. The highest BCUT2D eigenvalue weighted by Gasteiger charge is 2.24. The third-order valence-electron chi connectivity index (χ3n) is 2.63. The molecule has 1 amide bonds. The quantitative estimate of drug-likeness (QED) is 0.778. The van der Waals surface area contributed by atoms with Gasteiger partial charge in [0.1, 0.15) is 0 Å². The number of rotatable bonds is 2. The molecule has 15 heavy (non-hydrogen) atoms. The second kappa shape index (κ2) is 4.44. The molecule has 0 radical (unpaired) electrons. The average Bonchev–Trinajstić information content (AvgIpc) is 2.81. The number of hydrogen-bond acceptors (Lipinski definition) is 3. The first kappa shape index (κ1) is 10.2. The molecule has 1 aliphatic rings. The minimum absolute atomic E-state index is 0.0329. The van der Waals surface area contributed by atoms with Crippen LogP contribution in [0.5, 0.6) is 0 Å². The van der Waals surface area contributed by atoms with Crippen LogP contribution in [0.4, 0.5) is 0 Å². The van der Waals surface area contributed by atoms with E-state index in [0.29, 0.717) is 25.3 Å². The molecule has 2 rings (SSSR count). The highest BCUT2D eigenvalue weighted by atomic mass is 16.5. The van der Waals surface area contributed by atoms with E-state index in [-0.39, 0.29) is 12.0 Å². The summed E-state index contributed by atoms with van der Waals surface area (Å²) >= 11 is 0. The first-order chi connectivity index (χ1) is 7.31. The molecule has 82 valence electrons. The number of morpholine rings is 1. The van der Waals surface area contributed by atoms with Crippen molar-refractivity contribution in [3.8, 4) is 0 Å². The molecule has 0 saturated carbocycles. The van der Waals surface area contributed by atoms with Gasteiger partial charge in [-0.25, -0.2) is 0 Å². The predicted molar refractivity (Wildman–Crippen MR) is 54.5 cm³/mol. The van der Waals surface area contributed by atoms with Crippen LogP contribution in [0.1, 0.15) is 23.7 Å². The molecule has 2 heterocycles. The molecule has 0 aliphatic carbocycles. The van der Waals surface area contributed by atoms with Crippen LogP contribution in [0.3, 0.4) is 0 Å². The lowest BCUT2D eigenvalue weighted by atomic mass is 10.2. The fraction of sp³-hybridized carbons (Fsp3) is 0.600. The molecule has 0 bridgehead atoms. The van der Waals surface area contributed by atoms with E-state index in [1.807, 2.05) is 4.90 Å². The van der Waals surface area contributed by atoms with Crippen LogP contribution in [-0.2, 0) is 4.74 Å². The summed E-state index contributed by atoms with van der Waals surface area (Å²) in [5, 5.41) is 6.42. The summed E-state index contributed by atoms with van der Waals surface area (Å²) in [6.45, 7) is 4.04. The van der Waals surface area contributed by atoms with Gasteiger partial charge < -0.3 is 9.64 Å². The molecule has 1 aliphatic heterocycles. The molecule has 5 heteroatoms. The van der Waals surface area contributed by atoms with Crippen molar-refractivity contribution in [2.45, 2.75) is 19.4 Å². The highest BCUT2D eigenvalue weighted by Crippen LogP contribution is 2.11. The third kappa shape index (κ3) is 2.18. The number of aromatic nitrogens is 2. The van der Waals surface area contributed by atoms with E-state index in [1.165, 1.54) is 0 Å². The summed E-state index contributed by atoms with van der Waals surface area (Å²) < 4.78 is 5.51. The Kier molecular flexibility index (Phi) is 3.01. The second-order valence-electron chi connectivity index (χ2n) is 3.64.